The van der Waals surface area contributed by atoms with Crippen LogP contribution in [0.15, 0.2) is 0 Å². The van der Waals surface area contributed by atoms with Gasteiger partial charge in [-0.05, 0) is 38.5 Å². The van der Waals surface area contributed by atoms with Gasteiger partial charge in [0.15, 0.2) is 0 Å². The molecule has 1 rings (SSSR count). The highest BCUT2D eigenvalue weighted by Crippen LogP contribution is 2.33. The molecule has 0 bridgehead atoms. The quantitative estimate of drug-likeness (QED) is 0.835. The third-order valence-corrected chi connectivity index (χ3v) is 4.70. The molecule has 1 N–H and O–H groups in total. The van der Waals surface area contributed by atoms with Crippen molar-refractivity contribution in [2.24, 2.45) is 11.3 Å². The van der Waals surface area contributed by atoms with Gasteiger partial charge in [-0.15, -0.1) is 0 Å². The van der Waals surface area contributed by atoms with Crippen LogP contribution in [-0.2, 0) is 9.59 Å². The number of nitrogens with zero attached hydrogens (tertiary/aromatic N) is 1. The highest BCUT2D eigenvalue weighted by Gasteiger charge is 2.40. The van der Waals surface area contributed by atoms with Gasteiger partial charge in [0.25, 0.3) is 0 Å². The standard InChI is InChI=1S/C15H27NO3/c1-5-12-8-6-7-9-16(12)13(17)10-15(4,11(2)3)14(18)19/h11-12H,5-10H2,1-4H3,(H,18,19). The summed E-state index contributed by atoms with van der Waals surface area (Å²) in [6.45, 7) is 8.30. The smallest absolute Gasteiger partial charge is 0.310 e. The van der Waals surface area contributed by atoms with E-state index in [0.717, 1.165) is 25.8 Å². The van der Waals surface area contributed by atoms with Crippen LogP contribution < -0.4 is 0 Å². The third-order valence-electron chi connectivity index (χ3n) is 4.70. The Hall–Kier alpha value is -1.06. The second kappa shape index (κ2) is 6.40. The van der Waals surface area contributed by atoms with Gasteiger partial charge < -0.3 is 10.0 Å². The fourth-order valence-electron chi connectivity index (χ4n) is 2.70. The first-order chi connectivity index (χ1) is 8.82. The minimum Gasteiger partial charge on any atom is -0.481 e. The predicted molar refractivity (Wildman–Crippen MR) is 74.8 cm³/mol. The van der Waals surface area contributed by atoms with E-state index in [0.29, 0.717) is 6.04 Å². The molecule has 1 heterocycles. The molecule has 0 spiro atoms. The van der Waals surface area contributed by atoms with Crippen molar-refractivity contribution in [2.75, 3.05) is 6.54 Å². The molecule has 1 fully saturated rings. The summed E-state index contributed by atoms with van der Waals surface area (Å²) in [7, 11) is 0. The molecular weight excluding hydrogens is 242 g/mol. The number of rotatable bonds is 5. The highest BCUT2D eigenvalue weighted by molar-refractivity contribution is 5.85. The Kier molecular flexibility index (Phi) is 5.39. The first-order valence-corrected chi connectivity index (χ1v) is 7.35. The number of carbonyl (C=O) groups is 2. The first kappa shape index (κ1) is 16.0. The summed E-state index contributed by atoms with van der Waals surface area (Å²) in [6, 6.07) is 0.298. The SMILES string of the molecule is CCC1CCCCN1C(=O)CC(C)(C(=O)O)C(C)C. The number of aliphatic carboxylic acids is 1. The molecule has 0 aliphatic carbocycles. The Morgan fingerprint density at radius 1 is 1.37 bits per heavy atom. The van der Waals surface area contributed by atoms with Crippen LogP contribution in [0.25, 0.3) is 0 Å². The number of amides is 1. The van der Waals surface area contributed by atoms with Crippen molar-refractivity contribution >= 4 is 11.9 Å². The van der Waals surface area contributed by atoms with Crippen molar-refractivity contribution in [1.29, 1.82) is 0 Å². The summed E-state index contributed by atoms with van der Waals surface area (Å²) >= 11 is 0. The number of hydrogen-bond acceptors (Lipinski definition) is 2. The molecule has 0 aromatic carbocycles. The van der Waals surface area contributed by atoms with Crippen LogP contribution in [-0.4, -0.2) is 34.5 Å². The molecule has 1 aliphatic rings. The largest absolute Gasteiger partial charge is 0.481 e. The number of carboxylic acids is 1. The van der Waals surface area contributed by atoms with Crippen molar-refractivity contribution in [2.45, 2.75) is 65.8 Å². The zero-order valence-corrected chi connectivity index (χ0v) is 12.6. The minimum absolute atomic E-state index is 0.00477. The maximum absolute atomic E-state index is 12.5. The fourth-order valence-corrected chi connectivity index (χ4v) is 2.70. The average molecular weight is 269 g/mol. The van der Waals surface area contributed by atoms with Gasteiger partial charge in [-0.3, -0.25) is 9.59 Å². The van der Waals surface area contributed by atoms with Gasteiger partial charge in [-0.25, -0.2) is 0 Å². The van der Waals surface area contributed by atoms with Crippen LogP contribution >= 0.6 is 0 Å². The van der Waals surface area contributed by atoms with E-state index in [1.165, 1.54) is 6.42 Å². The fraction of sp³-hybridized carbons (Fsp3) is 0.867. The van der Waals surface area contributed by atoms with Crippen LogP contribution in [0.5, 0.6) is 0 Å². The Labute approximate surface area is 116 Å². The van der Waals surface area contributed by atoms with Crippen LogP contribution in [0, 0.1) is 11.3 Å². The van der Waals surface area contributed by atoms with Crippen molar-refractivity contribution in [3.8, 4) is 0 Å². The van der Waals surface area contributed by atoms with Crippen molar-refractivity contribution in [3.63, 3.8) is 0 Å². The normalized spacial score (nSPS) is 23.2. The maximum Gasteiger partial charge on any atom is 0.310 e. The van der Waals surface area contributed by atoms with Crippen molar-refractivity contribution in [3.05, 3.63) is 0 Å². The van der Waals surface area contributed by atoms with Gasteiger partial charge in [0.2, 0.25) is 5.91 Å². The van der Waals surface area contributed by atoms with E-state index >= 15 is 0 Å². The summed E-state index contributed by atoms with van der Waals surface area (Å²) in [5.74, 6) is -0.926. The minimum atomic E-state index is -0.965. The van der Waals surface area contributed by atoms with Crippen LogP contribution in [0.2, 0.25) is 0 Å². The summed E-state index contributed by atoms with van der Waals surface area (Å²) in [5.41, 5.74) is -0.965. The second-order valence-electron chi connectivity index (χ2n) is 6.20. The van der Waals surface area contributed by atoms with Gasteiger partial charge in [0.05, 0.1) is 5.41 Å². The summed E-state index contributed by atoms with van der Waals surface area (Å²) in [4.78, 5) is 25.8. The van der Waals surface area contributed by atoms with E-state index in [1.807, 2.05) is 18.7 Å². The third kappa shape index (κ3) is 3.48. The summed E-state index contributed by atoms with van der Waals surface area (Å²) in [6.07, 6.45) is 4.32. The van der Waals surface area contributed by atoms with Crippen LogP contribution in [0.4, 0.5) is 0 Å². The Bertz CT molecular complexity index is 340. The monoisotopic (exact) mass is 269 g/mol. The van der Waals surface area contributed by atoms with Gasteiger partial charge in [-0.1, -0.05) is 20.8 Å². The molecule has 0 aromatic heterocycles. The lowest BCUT2D eigenvalue weighted by Gasteiger charge is -2.38. The molecule has 0 radical (unpaired) electrons. The number of hydrogen-bond donors (Lipinski definition) is 1. The molecule has 2 atom stereocenters. The molecule has 4 nitrogen and oxygen atoms in total. The van der Waals surface area contributed by atoms with E-state index < -0.39 is 11.4 Å². The van der Waals surface area contributed by atoms with Crippen molar-refractivity contribution < 1.29 is 14.7 Å². The van der Waals surface area contributed by atoms with E-state index in [-0.39, 0.29) is 18.2 Å². The van der Waals surface area contributed by atoms with Gasteiger partial charge in [-0.2, -0.15) is 0 Å². The lowest BCUT2D eigenvalue weighted by Crippen LogP contribution is -2.47. The topological polar surface area (TPSA) is 57.6 Å². The molecule has 0 saturated carbocycles. The Morgan fingerprint density at radius 2 is 2.00 bits per heavy atom. The maximum atomic E-state index is 12.5. The number of carbonyl (C=O) groups excluding carboxylic acids is 1. The number of carboxylic acid groups (broad SMARTS) is 1. The average Bonchev–Trinajstić information content (AvgIpc) is 2.37. The van der Waals surface area contributed by atoms with Gasteiger partial charge in [0.1, 0.15) is 0 Å². The highest BCUT2D eigenvalue weighted by atomic mass is 16.4. The number of piperidine rings is 1. The molecular formula is C15H27NO3. The van der Waals surface area contributed by atoms with E-state index in [4.69, 9.17) is 0 Å². The summed E-state index contributed by atoms with van der Waals surface area (Å²) in [5, 5.41) is 9.40. The zero-order valence-electron chi connectivity index (χ0n) is 12.6. The predicted octanol–water partition coefficient (Wildman–Crippen LogP) is 2.91. The van der Waals surface area contributed by atoms with E-state index in [2.05, 4.69) is 6.92 Å². The Balaban J connectivity index is 2.79. The molecule has 19 heavy (non-hydrogen) atoms. The second-order valence-corrected chi connectivity index (χ2v) is 6.20. The molecule has 1 saturated heterocycles. The van der Waals surface area contributed by atoms with Crippen LogP contribution in [0.3, 0.4) is 0 Å². The Morgan fingerprint density at radius 3 is 2.47 bits per heavy atom. The lowest BCUT2D eigenvalue weighted by molar-refractivity contribution is -0.156. The van der Waals surface area contributed by atoms with Crippen LogP contribution in [0.1, 0.15) is 59.8 Å². The lowest BCUT2D eigenvalue weighted by atomic mass is 9.76. The molecule has 110 valence electrons. The van der Waals surface area contributed by atoms with Gasteiger partial charge >= 0.3 is 5.97 Å². The van der Waals surface area contributed by atoms with Gasteiger partial charge in [0, 0.05) is 19.0 Å². The molecule has 1 aliphatic heterocycles. The number of likely N-dealkylation sites (tertiary alicyclic amines) is 1. The molecule has 1 amide bonds. The van der Waals surface area contributed by atoms with E-state index in [9.17, 15) is 14.7 Å². The van der Waals surface area contributed by atoms with E-state index in [1.54, 1.807) is 6.92 Å². The zero-order chi connectivity index (χ0) is 14.6. The first-order valence-electron chi connectivity index (χ1n) is 7.35. The van der Waals surface area contributed by atoms with Crippen molar-refractivity contribution in [1.82, 2.24) is 4.90 Å². The molecule has 0 aromatic rings. The molecule has 2 unspecified atom stereocenters. The molecule has 4 heteroatoms. The summed E-state index contributed by atoms with van der Waals surface area (Å²) < 4.78 is 0.